The van der Waals surface area contributed by atoms with Crippen molar-refractivity contribution in [1.82, 2.24) is 15.1 Å². The van der Waals surface area contributed by atoms with Crippen molar-refractivity contribution in [2.45, 2.75) is 39.3 Å². The zero-order valence-corrected chi connectivity index (χ0v) is 12.4. The highest BCUT2D eigenvalue weighted by Crippen LogP contribution is 2.13. The quantitative estimate of drug-likeness (QED) is 0.624. The third-order valence-corrected chi connectivity index (χ3v) is 2.90. The molecule has 1 aromatic rings. The average Bonchev–Trinajstić information content (AvgIpc) is 2.87. The van der Waals surface area contributed by atoms with Crippen molar-refractivity contribution in [2.75, 3.05) is 33.5 Å². The summed E-state index contributed by atoms with van der Waals surface area (Å²) >= 11 is 0. The number of ether oxygens (including phenoxy) is 2. The maximum atomic E-state index is 5.66. The lowest BCUT2D eigenvalue weighted by Gasteiger charge is -2.20. The van der Waals surface area contributed by atoms with E-state index in [4.69, 9.17) is 9.47 Å². The van der Waals surface area contributed by atoms with Crippen LogP contribution in [0.25, 0.3) is 0 Å². The minimum atomic E-state index is 0.200. The lowest BCUT2D eigenvalue weighted by Crippen LogP contribution is -2.29. The van der Waals surface area contributed by atoms with Gasteiger partial charge in [-0.25, -0.2) is 0 Å². The number of aryl methyl sites for hydroxylation is 1. The van der Waals surface area contributed by atoms with Gasteiger partial charge < -0.3 is 14.8 Å². The van der Waals surface area contributed by atoms with Gasteiger partial charge in [0.2, 0.25) is 0 Å². The number of hydrogen-bond acceptors (Lipinski definition) is 4. The van der Waals surface area contributed by atoms with Gasteiger partial charge in [-0.15, -0.1) is 0 Å². The molecule has 5 heteroatoms. The molecule has 1 unspecified atom stereocenters. The maximum absolute atomic E-state index is 5.66. The number of rotatable bonds is 11. The Morgan fingerprint density at radius 3 is 2.84 bits per heavy atom. The van der Waals surface area contributed by atoms with Crippen LogP contribution in [-0.4, -0.2) is 43.3 Å². The predicted octanol–water partition coefficient (Wildman–Crippen LogP) is 2.00. The van der Waals surface area contributed by atoms with Gasteiger partial charge >= 0.3 is 0 Å². The topological polar surface area (TPSA) is 48.3 Å². The molecule has 110 valence electrons. The van der Waals surface area contributed by atoms with E-state index >= 15 is 0 Å². The minimum absolute atomic E-state index is 0.200. The van der Waals surface area contributed by atoms with E-state index in [9.17, 15) is 0 Å². The van der Waals surface area contributed by atoms with Gasteiger partial charge in [-0.05, 0) is 25.5 Å². The van der Waals surface area contributed by atoms with Gasteiger partial charge in [0, 0.05) is 19.9 Å². The highest BCUT2D eigenvalue weighted by molar-refractivity contribution is 5.07. The molecule has 1 atom stereocenters. The second-order valence-corrected chi connectivity index (χ2v) is 4.55. The summed E-state index contributed by atoms with van der Waals surface area (Å²) in [5.41, 5.74) is 1.20. The van der Waals surface area contributed by atoms with Crippen LogP contribution < -0.4 is 5.32 Å². The van der Waals surface area contributed by atoms with Crippen molar-refractivity contribution in [3.05, 3.63) is 18.0 Å². The Labute approximate surface area is 116 Å². The standard InChI is InChI=1S/C14H27N3O2/c1-4-7-15-13(12-19-11-10-18-3)14-6-8-16-17(14)9-5-2/h6,8,13,15H,4-5,7,9-12H2,1-3H3. The molecule has 0 amide bonds. The number of hydrogen-bond donors (Lipinski definition) is 1. The van der Waals surface area contributed by atoms with E-state index in [0.717, 1.165) is 25.9 Å². The van der Waals surface area contributed by atoms with E-state index in [1.54, 1.807) is 7.11 Å². The Morgan fingerprint density at radius 1 is 1.32 bits per heavy atom. The zero-order valence-electron chi connectivity index (χ0n) is 12.4. The van der Waals surface area contributed by atoms with Crippen molar-refractivity contribution in [2.24, 2.45) is 0 Å². The fraction of sp³-hybridized carbons (Fsp3) is 0.786. The van der Waals surface area contributed by atoms with Crippen molar-refractivity contribution in [1.29, 1.82) is 0 Å². The number of nitrogens with zero attached hydrogens (tertiary/aromatic N) is 2. The van der Waals surface area contributed by atoms with Crippen LogP contribution in [0.3, 0.4) is 0 Å². The molecule has 0 radical (unpaired) electrons. The van der Waals surface area contributed by atoms with Gasteiger partial charge in [0.05, 0.1) is 31.6 Å². The molecule has 0 aliphatic rings. The van der Waals surface area contributed by atoms with Crippen molar-refractivity contribution in [3.8, 4) is 0 Å². The summed E-state index contributed by atoms with van der Waals surface area (Å²) in [5, 5.41) is 7.90. The van der Waals surface area contributed by atoms with Crippen molar-refractivity contribution < 1.29 is 9.47 Å². The minimum Gasteiger partial charge on any atom is -0.382 e. The van der Waals surface area contributed by atoms with Crippen LogP contribution in [0, 0.1) is 0 Å². The smallest absolute Gasteiger partial charge is 0.0729 e. The van der Waals surface area contributed by atoms with E-state index in [-0.39, 0.29) is 6.04 Å². The number of nitrogens with one attached hydrogen (secondary N) is 1. The first-order valence-corrected chi connectivity index (χ1v) is 7.15. The van der Waals surface area contributed by atoms with Crippen LogP contribution in [0.4, 0.5) is 0 Å². The summed E-state index contributed by atoms with van der Waals surface area (Å²) < 4.78 is 12.7. The van der Waals surface area contributed by atoms with Crippen molar-refractivity contribution >= 4 is 0 Å². The Morgan fingerprint density at radius 2 is 2.16 bits per heavy atom. The largest absolute Gasteiger partial charge is 0.382 e. The van der Waals surface area contributed by atoms with Crippen LogP contribution in [0.5, 0.6) is 0 Å². The van der Waals surface area contributed by atoms with E-state index in [2.05, 4.69) is 35.0 Å². The molecule has 1 aromatic heterocycles. The first-order chi connectivity index (χ1) is 9.33. The lowest BCUT2D eigenvalue weighted by molar-refractivity contribution is 0.0573. The van der Waals surface area contributed by atoms with Gasteiger partial charge in [-0.3, -0.25) is 4.68 Å². The zero-order chi connectivity index (χ0) is 13.9. The second kappa shape index (κ2) is 9.95. The van der Waals surface area contributed by atoms with Gasteiger partial charge in [-0.2, -0.15) is 5.10 Å². The Balaban J connectivity index is 2.57. The summed E-state index contributed by atoms with van der Waals surface area (Å²) in [5.74, 6) is 0. The molecule has 0 aliphatic carbocycles. The monoisotopic (exact) mass is 269 g/mol. The molecule has 0 saturated heterocycles. The number of methoxy groups -OCH3 is 1. The van der Waals surface area contributed by atoms with Gasteiger partial charge in [0.1, 0.15) is 0 Å². The molecule has 1 N–H and O–H groups in total. The molecule has 1 heterocycles. The molecule has 0 bridgehead atoms. The summed E-state index contributed by atoms with van der Waals surface area (Å²) in [6.07, 6.45) is 4.05. The summed E-state index contributed by atoms with van der Waals surface area (Å²) in [4.78, 5) is 0. The predicted molar refractivity (Wildman–Crippen MR) is 76.2 cm³/mol. The Hall–Kier alpha value is -0.910. The highest BCUT2D eigenvalue weighted by Gasteiger charge is 2.15. The third-order valence-electron chi connectivity index (χ3n) is 2.90. The lowest BCUT2D eigenvalue weighted by atomic mass is 10.2. The van der Waals surface area contributed by atoms with Crippen LogP contribution >= 0.6 is 0 Å². The SMILES string of the molecule is CCCNC(COCCOC)c1ccnn1CCC. The Kier molecular flexibility index (Phi) is 8.45. The molecule has 19 heavy (non-hydrogen) atoms. The molecule has 0 aliphatic heterocycles. The van der Waals surface area contributed by atoms with E-state index < -0.39 is 0 Å². The first kappa shape index (κ1) is 16.1. The average molecular weight is 269 g/mol. The Bertz CT molecular complexity index is 328. The molecule has 1 rings (SSSR count). The van der Waals surface area contributed by atoms with Crippen LogP contribution in [0.15, 0.2) is 12.3 Å². The number of aromatic nitrogens is 2. The van der Waals surface area contributed by atoms with Crippen LogP contribution in [0.2, 0.25) is 0 Å². The summed E-state index contributed by atoms with van der Waals surface area (Å²) in [7, 11) is 1.69. The second-order valence-electron chi connectivity index (χ2n) is 4.55. The molecule has 0 fully saturated rings. The normalized spacial score (nSPS) is 12.8. The van der Waals surface area contributed by atoms with Crippen LogP contribution in [-0.2, 0) is 16.0 Å². The molecule has 0 spiro atoms. The fourth-order valence-corrected chi connectivity index (χ4v) is 1.95. The van der Waals surface area contributed by atoms with E-state index in [1.165, 1.54) is 5.69 Å². The molecular weight excluding hydrogens is 242 g/mol. The van der Waals surface area contributed by atoms with Gasteiger partial charge in [0.15, 0.2) is 0 Å². The fourth-order valence-electron chi connectivity index (χ4n) is 1.95. The highest BCUT2D eigenvalue weighted by atomic mass is 16.5. The van der Waals surface area contributed by atoms with Crippen molar-refractivity contribution in [3.63, 3.8) is 0 Å². The third kappa shape index (κ3) is 5.72. The maximum Gasteiger partial charge on any atom is 0.0729 e. The van der Waals surface area contributed by atoms with Gasteiger partial charge in [-0.1, -0.05) is 13.8 Å². The summed E-state index contributed by atoms with van der Waals surface area (Å²) in [6, 6.07) is 2.27. The first-order valence-electron chi connectivity index (χ1n) is 7.15. The van der Waals surface area contributed by atoms with Crippen LogP contribution in [0.1, 0.15) is 38.4 Å². The molecule has 0 saturated carbocycles. The van der Waals surface area contributed by atoms with E-state index in [0.29, 0.717) is 19.8 Å². The molecule has 5 nitrogen and oxygen atoms in total. The van der Waals surface area contributed by atoms with E-state index in [1.807, 2.05) is 6.20 Å². The molecular formula is C14H27N3O2. The molecule has 0 aromatic carbocycles. The summed E-state index contributed by atoms with van der Waals surface area (Å²) in [6.45, 7) is 8.17. The van der Waals surface area contributed by atoms with Gasteiger partial charge in [0.25, 0.3) is 0 Å².